The predicted octanol–water partition coefficient (Wildman–Crippen LogP) is 4.63. The SMILES string of the molecule is CCOc1ccc(C(=O)CC)c(Oc2ccc(Br)cn2)c1. The Morgan fingerprint density at radius 3 is 2.67 bits per heavy atom. The van der Waals surface area contributed by atoms with Gasteiger partial charge in [0.1, 0.15) is 11.5 Å². The van der Waals surface area contributed by atoms with Crippen LogP contribution in [-0.4, -0.2) is 17.4 Å². The summed E-state index contributed by atoms with van der Waals surface area (Å²) in [4.78, 5) is 16.2. The maximum absolute atomic E-state index is 12.0. The van der Waals surface area contributed by atoms with Crippen LogP contribution in [0.2, 0.25) is 0 Å². The lowest BCUT2D eigenvalue weighted by Gasteiger charge is -2.11. The number of benzene rings is 1. The molecular formula is C16H16BrNO3. The normalized spacial score (nSPS) is 10.2. The topological polar surface area (TPSA) is 48.4 Å². The molecular weight excluding hydrogens is 334 g/mol. The van der Waals surface area contributed by atoms with Gasteiger partial charge in [-0.15, -0.1) is 0 Å². The molecule has 0 saturated carbocycles. The summed E-state index contributed by atoms with van der Waals surface area (Å²) in [5.41, 5.74) is 0.533. The monoisotopic (exact) mass is 349 g/mol. The Morgan fingerprint density at radius 1 is 1.24 bits per heavy atom. The largest absolute Gasteiger partial charge is 0.494 e. The molecule has 1 heterocycles. The molecule has 0 atom stereocenters. The van der Waals surface area contributed by atoms with Crippen LogP contribution in [0.5, 0.6) is 17.4 Å². The van der Waals surface area contributed by atoms with Gasteiger partial charge in [-0.05, 0) is 41.1 Å². The van der Waals surface area contributed by atoms with Crippen LogP contribution in [0, 0.1) is 0 Å². The van der Waals surface area contributed by atoms with Gasteiger partial charge in [-0.1, -0.05) is 6.92 Å². The lowest BCUT2D eigenvalue weighted by atomic mass is 10.1. The molecule has 0 aliphatic rings. The van der Waals surface area contributed by atoms with Crippen LogP contribution in [0.4, 0.5) is 0 Å². The fraction of sp³-hybridized carbons (Fsp3) is 0.250. The van der Waals surface area contributed by atoms with E-state index in [1.54, 1.807) is 30.5 Å². The molecule has 1 aromatic heterocycles. The number of Topliss-reactive ketones (excluding diaryl/α,β-unsaturated/α-hetero) is 1. The molecule has 0 amide bonds. The number of ketones is 1. The number of aromatic nitrogens is 1. The zero-order chi connectivity index (χ0) is 15.2. The van der Waals surface area contributed by atoms with Crippen molar-refractivity contribution >= 4 is 21.7 Å². The zero-order valence-electron chi connectivity index (χ0n) is 11.9. The van der Waals surface area contributed by atoms with E-state index in [1.165, 1.54) is 0 Å². The van der Waals surface area contributed by atoms with Crippen LogP contribution in [0.1, 0.15) is 30.6 Å². The minimum absolute atomic E-state index is 0.0187. The molecule has 2 rings (SSSR count). The van der Waals surface area contributed by atoms with Gasteiger partial charge in [0.25, 0.3) is 0 Å². The summed E-state index contributed by atoms with van der Waals surface area (Å²) in [6.45, 7) is 4.28. The molecule has 21 heavy (non-hydrogen) atoms. The van der Waals surface area contributed by atoms with E-state index in [2.05, 4.69) is 20.9 Å². The molecule has 0 fully saturated rings. The van der Waals surface area contributed by atoms with Crippen molar-refractivity contribution in [3.63, 3.8) is 0 Å². The Labute approximate surface area is 132 Å². The standard InChI is InChI=1S/C16H16BrNO3/c1-3-14(19)13-7-6-12(20-4-2)9-15(13)21-16-8-5-11(17)10-18-16/h5-10H,3-4H2,1-2H3. The molecule has 0 N–H and O–H groups in total. The minimum atomic E-state index is 0.0187. The fourth-order valence-corrected chi connectivity index (χ4v) is 2.03. The van der Waals surface area contributed by atoms with Crippen molar-refractivity contribution in [2.45, 2.75) is 20.3 Å². The van der Waals surface area contributed by atoms with E-state index in [1.807, 2.05) is 19.9 Å². The highest BCUT2D eigenvalue weighted by atomic mass is 79.9. The van der Waals surface area contributed by atoms with Crippen LogP contribution in [0.15, 0.2) is 41.0 Å². The predicted molar refractivity (Wildman–Crippen MR) is 84.2 cm³/mol. The first-order chi connectivity index (χ1) is 10.1. The Hall–Kier alpha value is -1.88. The van der Waals surface area contributed by atoms with Gasteiger partial charge >= 0.3 is 0 Å². The van der Waals surface area contributed by atoms with Crippen molar-refractivity contribution in [1.82, 2.24) is 4.98 Å². The van der Waals surface area contributed by atoms with Gasteiger partial charge in [0.2, 0.25) is 5.88 Å². The third-order valence-corrected chi connectivity index (χ3v) is 3.27. The fourth-order valence-electron chi connectivity index (χ4n) is 1.80. The van der Waals surface area contributed by atoms with Crippen LogP contribution in [0.3, 0.4) is 0 Å². The second kappa shape index (κ2) is 7.22. The summed E-state index contributed by atoms with van der Waals surface area (Å²) in [6.07, 6.45) is 2.06. The smallest absolute Gasteiger partial charge is 0.219 e. The summed E-state index contributed by atoms with van der Waals surface area (Å²) in [6, 6.07) is 8.78. The Bertz CT molecular complexity index is 626. The number of halogens is 1. The second-order valence-electron chi connectivity index (χ2n) is 4.28. The average molecular weight is 350 g/mol. The summed E-state index contributed by atoms with van der Waals surface area (Å²) >= 11 is 3.32. The molecule has 0 bridgehead atoms. The lowest BCUT2D eigenvalue weighted by molar-refractivity contribution is 0.0986. The minimum Gasteiger partial charge on any atom is -0.494 e. The number of rotatable bonds is 6. The quantitative estimate of drug-likeness (QED) is 0.713. The van der Waals surface area contributed by atoms with E-state index in [4.69, 9.17) is 9.47 Å². The number of nitrogens with zero attached hydrogens (tertiary/aromatic N) is 1. The van der Waals surface area contributed by atoms with Gasteiger partial charge in [-0.2, -0.15) is 0 Å². The molecule has 0 spiro atoms. The molecule has 0 aliphatic heterocycles. The van der Waals surface area contributed by atoms with Crippen LogP contribution < -0.4 is 9.47 Å². The summed E-state index contributed by atoms with van der Waals surface area (Å²) in [5.74, 6) is 1.57. The third kappa shape index (κ3) is 4.04. The van der Waals surface area contributed by atoms with Gasteiger partial charge in [-0.25, -0.2) is 4.98 Å². The highest BCUT2D eigenvalue weighted by Gasteiger charge is 2.13. The average Bonchev–Trinajstić information content (AvgIpc) is 2.49. The molecule has 5 heteroatoms. The Morgan fingerprint density at radius 2 is 2.05 bits per heavy atom. The maximum Gasteiger partial charge on any atom is 0.219 e. The molecule has 0 aliphatic carbocycles. The number of ether oxygens (including phenoxy) is 2. The van der Waals surface area contributed by atoms with Crippen LogP contribution >= 0.6 is 15.9 Å². The molecule has 110 valence electrons. The summed E-state index contributed by atoms with van der Waals surface area (Å²) in [5, 5.41) is 0. The molecule has 1 aromatic carbocycles. The van der Waals surface area contributed by atoms with Crippen LogP contribution in [0.25, 0.3) is 0 Å². The van der Waals surface area contributed by atoms with E-state index in [0.29, 0.717) is 36.0 Å². The van der Waals surface area contributed by atoms with Gasteiger partial charge in [0.05, 0.1) is 12.2 Å². The maximum atomic E-state index is 12.0. The first kappa shape index (κ1) is 15.5. The van der Waals surface area contributed by atoms with Crippen molar-refractivity contribution in [3.05, 3.63) is 46.6 Å². The van der Waals surface area contributed by atoms with E-state index in [-0.39, 0.29) is 5.78 Å². The number of pyridine rings is 1. The molecule has 4 nitrogen and oxygen atoms in total. The first-order valence-electron chi connectivity index (χ1n) is 6.73. The van der Waals surface area contributed by atoms with Gasteiger partial charge in [0, 0.05) is 29.2 Å². The highest BCUT2D eigenvalue weighted by Crippen LogP contribution is 2.30. The first-order valence-corrected chi connectivity index (χ1v) is 7.52. The third-order valence-electron chi connectivity index (χ3n) is 2.80. The van der Waals surface area contributed by atoms with Crippen molar-refractivity contribution in [1.29, 1.82) is 0 Å². The lowest BCUT2D eigenvalue weighted by Crippen LogP contribution is -2.02. The second-order valence-corrected chi connectivity index (χ2v) is 5.20. The number of carbonyl (C=O) groups is 1. The molecule has 0 saturated heterocycles. The number of hydrogen-bond donors (Lipinski definition) is 0. The highest BCUT2D eigenvalue weighted by molar-refractivity contribution is 9.10. The van der Waals surface area contributed by atoms with E-state index < -0.39 is 0 Å². The summed E-state index contributed by atoms with van der Waals surface area (Å²) < 4.78 is 12.1. The Balaban J connectivity index is 2.35. The Kier molecular flexibility index (Phi) is 5.33. The number of carbonyl (C=O) groups excluding carboxylic acids is 1. The van der Waals surface area contributed by atoms with Crippen molar-refractivity contribution in [2.75, 3.05) is 6.61 Å². The van der Waals surface area contributed by atoms with Gasteiger partial charge in [-0.3, -0.25) is 4.79 Å². The van der Waals surface area contributed by atoms with Gasteiger partial charge < -0.3 is 9.47 Å². The molecule has 2 aromatic rings. The molecule has 0 radical (unpaired) electrons. The zero-order valence-corrected chi connectivity index (χ0v) is 13.5. The van der Waals surface area contributed by atoms with E-state index >= 15 is 0 Å². The molecule has 0 unspecified atom stereocenters. The van der Waals surface area contributed by atoms with Crippen molar-refractivity contribution < 1.29 is 14.3 Å². The van der Waals surface area contributed by atoms with Crippen LogP contribution in [-0.2, 0) is 0 Å². The van der Waals surface area contributed by atoms with E-state index in [9.17, 15) is 4.79 Å². The van der Waals surface area contributed by atoms with Crippen molar-refractivity contribution in [2.24, 2.45) is 0 Å². The summed E-state index contributed by atoms with van der Waals surface area (Å²) in [7, 11) is 0. The van der Waals surface area contributed by atoms with Crippen molar-refractivity contribution in [3.8, 4) is 17.4 Å². The van der Waals surface area contributed by atoms with Gasteiger partial charge in [0.15, 0.2) is 5.78 Å². The number of hydrogen-bond acceptors (Lipinski definition) is 4. The van der Waals surface area contributed by atoms with E-state index in [0.717, 1.165) is 4.47 Å².